The second-order valence-electron chi connectivity index (χ2n) is 5.49. The van der Waals surface area contributed by atoms with Gasteiger partial charge in [-0.15, -0.1) is 0 Å². The molecule has 2 aromatic rings. The molecule has 0 fully saturated rings. The number of nitro groups is 1. The normalized spacial score (nSPS) is 11.6. The highest BCUT2D eigenvalue weighted by molar-refractivity contribution is 5.91. The molecule has 1 aromatic heterocycles. The molecule has 112 valence electrons. The van der Waals surface area contributed by atoms with Gasteiger partial charge in [-0.1, -0.05) is 0 Å². The zero-order valence-electron chi connectivity index (χ0n) is 11.9. The number of ether oxygens (including phenoxy) is 1. The van der Waals surface area contributed by atoms with Gasteiger partial charge in [0.2, 0.25) is 0 Å². The summed E-state index contributed by atoms with van der Waals surface area (Å²) in [4.78, 5) is 22.4. The molecule has 1 aromatic carbocycles. The van der Waals surface area contributed by atoms with Crippen LogP contribution in [0.1, 0.15) is 26.3 Å². The van der Waals surface area contributed by atoms with Crippen molar-refractivity contribution >= 4 is 22.7 Å². The number of aliphatic hydroxyl groups is 1. The molecule has 8 nitrogen and oxygen atoms in total. The summed E-state index contributed by atoms with van der Waals surface area (Å²) in [5.74, 6) is 0. The molecule has 1 N–H and O–H groups in total. The molecular weight excluding hydrogens is 278 g/mol. The number of aliphatic hydroxyl groups excluding tert-OH is 1. The highest BCUT2D eigenvalue weighted by Gasteiger charge is 2.22. The minimum absolute atomic E-state index is 0.225. The SMILES string of the molecule is CC(C)(C)OC(=O)n1ncc2c(CO)cc([N+](=O)[O-])cc21. The van der Waals surface area contributed by atoms with Crippen LogP contribution in [0.25, 0.3) is 10.9 Å². The van der Waals surface area contributed by atoms with E-state index in [9.17, 15) is 20.0 Å². The third-order valence-electron chi connectivity index (χ3n) is 2.71. The average molecular weight is 293 g/mol. The number of fused-ring (bicyclic) bond motifs is 1. The Hall–Kier alpha value is -2.48. The summed E-state index contributed by atoms with van der Waals surface area (Å²) in [5, 5.41) is 24.6. The molecule has 8 heteroatoms. The smallest absolute Gasteiger partial charge is 0.435 e. The average Bonchev–Trinajstić information content (AvgIpc) is 2.79. The van der Waals surface area contributed by atoms with Gasteiger partial charge in [-0.2, -0.15) is 9.78 Å². The van der Waals surface area contributed by atoms with Gasteiger partial charge >= 0.3 is 6.09 Å². The first kappa shape index (κ1) is 14.9. The van der Waals surface area contributed by atoms with Gasteiger partial charge in [0, 0.05) is 17.5 Å². The van der Waals surface area contributed by atoms with Crippen LogP contribution in [0.3, 0.4) is 0 Å². The van der Waals surface area contributed by atoms with E-state index in [1.165, 1.54) is 18.3 Å². The Morgan fingerprint density at radius 1 is 1.48 bits per heavy atom. The summed E-state index contributed by atoms with van der Waals surface area (Å²) in [7, 11) is 0. The van der Waals surface area contributed by atoms with Gasteiger partial charge in [-0.3, -0.25) is 10.1 Å². The molecule has 0 saturated carbocycles. The van der Waals surface area contributed by atoms with Crippen molar-refractivity contribution in [2.75, 3.05) is 0 Å². The predicted octanol–water partition coefficient (Wildman–Crippen LogP) is 2.22. The standard InChI is InChI=1S/C13H15N3O5/c1-13(2,3)21-12(18)15-11-5-9(16(19)20)4-8(7-17)10(11)6-14-15/h4-6,17H,7H2,1-3H3. The van der Waals surface area contributed by atoms with Gasteiger partial charge in [-0.05, 0) is 26.3 Å². The van der Waals surface area contributed by atoms with E-state index >= 15 is 0 Å². The lowest BCUT2D eigenvalue weighted by molar-refractivity contribution is -0.384. The second kappa shape index (κ2) is 5.13. The number of non-ortho nitro benzene ring substituents is 1. The van der Waals surface area contributed by atoms with Crippen molar-refractivity contribution in [1.82, 2.24) is 9.78 Å². The fourth-order valence-corrected chi connectivity index (χ4v) is 1.87. The number of carbonyl (C=O) groups excluding carboxylic acids is 1. The number of nitro benzene ring substituents is 1. The number of rotatable bonds is 2. The molecule has 0 bridgehead atoms. The van der Waals surface area contributed by atoms with E-state index in [0.29, 0.717) is 10.9 Å². The summed E-state index contributed by atoms with van der Waals surface area (Å²) >= 11 is 0. The predicted molar refractivity (Wildman–Crippen MR) is 73.9 cm³/mol. The van der Waals surface area contributed by atoms with Crippen molar-refractivity contribution in [2.24, 2.45) is 0 Å². The third-order valence-corrected chi connectivity index (χ3v) is 2.71. The van der Waals surface area contributed by atoms with Crippen LogP contribution in [-0.4, -0.2) is 31.5 Å². The van der Waals surface area contributed by atoms with Crippen LogP contribution in [0.5, 0.6) is 0 Å². The van der Waals surface area contributed by atoms with Gasteiger partial charge in [0.1, 0.15) is 5.60 Å². The topological polar surface area (TPSA) is 107 Å². The van der Waals surface area contributed by atoms with Crippen molar-refractivity contribution < 1.29 is 19.6 Å². The Bertz CT molecular complexity index is 714. The molecule has 0 aliphatic heterocycles. The van der Waals surface area contributed by atoms with Gasteiger partial charge in [0.05, 0.1) is 23.2 Å². The Labute approximate surface area is 120 Å². The third kappa shape index (κ3) is 3.00. The second-order valence-corrected chi connectivity index (χ2v) is 5.49. The fourth-order valence-electron chi connectivity index (χ4n) is 1.87. The summed E-state index contributed by atoms with van der Waals surface area (Å²) in [6, 6.07) is 2.48. The Kier molecular flexibility index (Phi) is 3.65. The van der Waals surface area contributed by atoms with Crippen LogP contribution in [0.15, 0.2) is 18.3 Å². The maximum atomic E-state index is 12.1. The minimum atomic E-state index is -0.734. The highest BCUT2D eigenvalue weighted by atomic mass is 16.6. The van der Waals surface area contributed by atoms with Crippen LogP contribution < -0.4 is 0 Å². The monoisotopic (exact) mass is 293 g/mol. The molecule has 0 amide bonds. The fraction of sp³-hybridized carbons (Fsp3) is 0.385. The van der Waals surface area contributed by atoms with Crippen molar-refractivity contribution in [1.29, 1.82) is 0 Å². The maximum Gasteiger partial charge on any atom is 0.435 e. The van der Waals surface area contributed by atoms with Crippen molar-refractivity contribution in [2.45, 2.75) is 33.0 Å². The summed E-state index contributed by atoms with van der Waals surface area (Å²) < 4.78 is 6.14. The molecule has 0 saturated heterocycles. The number of benzene rings is 1. The quantitative estimate of drug-likeness (QED) is 0.672. The van der Waals surface area contributed by atoms with E-state index in [-0.39, 0.29) is 11.2 Å². The number of hydrogen-bond acceptors (Lipinski definition) is 6. The molecule has 0 aliphatic carbocycles. The van der Waals surface area contributed by atoms with Crippen molar-refractivity contribution in [3.63, 3.8) is 0 Å². The van der Waals surface area contributed by atoms with Gasteiger partial charge < -0.3 is 9.84 Å². The molecule has 2 rings (SSSR count). The zero-order chi connectivity index (χ0) is 15.8. The van der Waals surface area contributed by atoms with Crippen molar-refractivity contribution in [3.05, 3.63) is 34.0 Å². The molecule has 0 radical (unpaired) electrons. The van der Waals surface area contributed by atoms with Crippen LogP contribution >= 0.6 is 0 Å². The molecule has 0 aliphatic rings. The lowest BCUT2D eigenvalue weighted by Crippen LogP contribution is -2.27. The number of aromatic nitrogens is 2. The summed E-state index contributed by atoms with van der Waals surface area (Å²) in [5.41, 5.74) is -0.385. The number of carbonyl (C=O) groups is 1. The first-order valence-electron chi connectivity index (χ1n) is 6.22. The van der Waals surface area contributed by atoms with Gasteiger partial charge in [0.25, 0.3) is 5.69 Å². The molecule has 0 unspecified atom stereocenters. The Balaban J connectivity index is 2.58. The first-order valence-corrected chi connectivity index (χ1v) is 6.22. The van der Waals surface area contributed by atoms with E-state index in [0.717, 1.165) is 4.68 Å². The Morgan fingerprint density at radius 3 is 2.67 bits per heavy atom. The highest BCUT2D eigenvalue weighted by Crippen LogP contribution is 2.26. The minimum Gasteiger partial charge on any atom is -0.442 e. The van der Waals surface area contributed by atoms with Crippen LogP contribution in [0.2, 0.25) is 0 Å². The molecule has 0 atom stereocenters. The van der Waals surface area contributed by atoms with E-state index < -0.39 is 23.2 Å². The molecule has 0 spiro atoms. The van der Waals surface area contributed by atoms with Crippen molar-refractivity contribution in [3.8, 4) is 0 Å². The van der Waals surface area contributed by atoms with Gasteiger partial charge in [-0.25, -0.2) is 4.79 Å². The zero-order valence-corrected chi connectivity index (χ0v) is 11.9. The van der Waals surface area contributed by atoms with Crippen LogP contribution in [0.4, 0.5) is 10.5 Å². The van der Waals surface area contributed by atoms with Crippen LogP contribution in [0, 0.1) is 10.1 Å². The summed E-state index contributed by atoms with van der Waals surface area (Å²) in [6.07, 6.45) is 0.635. The van der Waals surface area contributed by atoms with Crippen LogP contribution in [-0.2, 0) is 11.3 Å². The largest absolute Gasteiger partial charge is 0.442 e. The Morgan fingerprint density at radius 2 is 2.14 bits per heavy atom. The van der Waals surface area contributed by atoms with Gasteiger partial charge in [0.15, 0.2) is 0 Å². The summed E-state index contributed by atoms with van der Waals surface area (Å²) in [6.45, 7) is 4.73. The molecular formula is C13H15N3O5. The number of hydrogen-bond donors (Lipinski definition) is 1. The van der Waals surface area contributed by atoms with E-state index in [1.54, 1.807) is 20.8 Å². The lowest BCUT2D eigenvalue weighted by atomic mass is 10.1. The maximum absolute atomic E-state index is 12.1. The number of nitrogens with zero attached hydrogens (tertiary/aromatic N) is 3. The molecule has 1 heterocycles. The van der Waals surface area contributed by atoms with E-state index in [2.05, 4.69) is 5.10 Å². The first-order chi connectivity index (χ1) is 9.73. The van der Waals surface area contributed by atoms with E-state index in [1.807, 2.05) is 0 Å². The lowest BCUT2D eigenvalue weighted by Gasteiger charge is -2.19. The molecule has 21 heavy (non-hydrogen) atoms. The van der Waals surface area contributed by atoms with E-state index in [4.69, 9.17) is 4.74 Å².